The number of fused-ring (bicyclic) bond motifs is 4. The van der Waals surface area contributed by atoms with Crippen molar-refractivity contribution >= 4 is 23.1 Å². The predicted octanol–water partition coefficient (Wildman–Crippen LogP) is 10.5. The van der Waals surface area contributed by atoms with Crippen LogP contribution in [0.1, 0.15) is 5.56 Å². The first kappa shape index (κ1) is 27.7. The van der Waals surface area contributed by atoms with Crippen LogP contribution in [0.15, 0.2) is 158 Å². The Balaban J connectivity index is 1.44. The molecule has 0 aliphatic carbocycles. The molecule has 0 saturated carbocycles. The SMILES string of the molecule is Cc1ccccc1-c1cccc2c1Oc1c(-c3ccccc3)cc(-c3ccccc3)c3c1P2(=O)c1cccc(-c2ccccc2)c1O3. The summed E-state index contributed by atoms with van der Waals surface area (Å²) >= 11 is 0. The molecule has 1 unspecified atom stereocenters. The van der Waals surface area contributed by atoms with E-state index in [9.17, 15) is 0 Å². The molecule has 0 saturated heterocycles. The third kappa shape index (κ3) is 4.17. The first-order valence-electron chi connectivity index (χ1n) is 15.8. The Kier molecular flexibility index (Phi) is 6.31. The highest BCUT2D eigenvalue weighted by atomic mass is 31.2. The van der Waals surface area contributed by atoms with Gasteiger partial charge in [0.05, 0.1) is 10.6 Å². The van der Waals surface area contributed by atoms with E-state index in [-0.39, 0.29) is 0 Å². The fourth-order valence-electron chi connectivity index (χ4n) is 7.06. The molecule has 0 fully saturated rings. The summed E-state index contributed by atoms with van der Waals surface area (Å²) in [6, 6.07) is 53.1. The van der Waals surface area contributed by atoms with Gasteiger partial charge in [-0.3, -0.25) is 0 Å². The van der Waals surface area contributed by atoms with E-state index in [2.05, 4.69) is 73.7 Å². The number of hydrogen-bond acceptors (Lipinski definition) is 3. The van der Waals surface area contributed by atoms with Crippen molar-refractivity contribution in [1.29, 1.82) is 0 Å². The summed E-state index contributed by atoms with van der Waals surface area (Å²) in [6.45, 7) is 2.10. The Morgan fingerprint density at radius 1 is 0.404 bits per heavy atom. The second kappa shape index (κ2) is 10.7. The van der Waals surface area contributed by atoms with Crippen LogP contribution in [0.5, 0.6) is 23.0 Å². The molecule has 4 heteroatoms. The summed E-state index contributed by atoms with van der Waals surface area (Å²) in [5, 5.41) is 1.99. The highest BCUT2D eigenvalue weighted by Crippen LogP contribution is 2.63. The van der Waals surface area contributed by atoms with Gasteiger partial charge >= 0.3 is 0 Å². The third-order valence-corrected chi connectivity index (χ3v) is 12.4. The van der Waals surface area contributed by atoms with E-state index in [0.717, 1.165) is 50.1 Å². The molecule has 47 heavy (non-hydrogen) atoms. The number of rotatable bonds is 4. The maximum absolute atomic E-state index is 16.6. The van der Waals surface area contributed by atoms with Crippen LogP contribution in [-0.4, -0.2) is 0 Å². The molecule has 9 rings (SSSR count). The molecule has 0 bridgehead atoms. The summed E-state index contributed by atoms with van der Waals surface area (Å²) in [5.74, 6) is 2.42. The second-order valence-corrected chi connectivity index (χ2v) is 14.6. The van der Waals surface area contributed by atoms with Gasteiger partial charge in [-0.2, -0.15) is 0 Å². The van der Waals surface area contributed by atoms with Crippen molar-refractivity contribution in [2.75, 3.05) is 0 Å². The Hall–Kier alpha value is -5.63. The highest BCUT2D eigenvalue weighted by molar-refractivity contribution is 7.86. The van der Waals surface area contributed by atoms with Gasteiger partial charge in [-0.15, -0.1) is 0 Å². The zero-order chi connectivity index (χ0) is 31.5. The molecule has 0 N–H and O–H groups in total. The number of ether oxygens (including phenoxy) is 2. The molecule has 2 aliphatic heterocycles. The molecule has 7 aromatic rings. The standard InChI is InChI=1S/C43H29O3P/c1-28-15-11-12-22-32(28)34-24-14-26-38-40(34)46-42-36(31-20-9-4-10-21-31)27-35(30-18-7-3-8-19-30)41-43(42)47(38,44)37-25-13-23-33(39(37)45-41)29-16-5-2-6-17-29/h2-27H,1H3. The van der Waals surface area contributed by atoms with Crippen LogP contribution in [0.25, 0.3) is 44.5 Å². The second-order valence-electron chi connectivity index (χ2n) is 12.0. The first-order valence-corrected chi connectivity index (χ1v) is 17.5. The highest BCUT2D eigenvalue weighted by Gasteiger charge is 2.49. The molecule has 0 spiro atoms. The van der Waals surface area contributed by atoms with Crippen LogP contribution >= 0.6 is 7.14 Å². The van der Waals surface area contributed by atoms with Gasteiger partial charge in [-0.25, -0.2) is 0 Å². The lowest BCUT2D eigenvalue weighted by molar-refractivity contribution is 0.465. The van der Waals surface area contributed by atoms with E-state index in [4.69, 9.17) is 9.47 Å². The number of benzene rings is 7. The zero-order valence-corrected chi connectivity index (χ0v) is 26.6. The molecule has 2 heterocycles. The van der Waals surface area contributed by atoms with Crippen LogP contribution in [0.3, 0.4) is 0 Å². The van der Waals surface area contributed by atoms with Crippen LogP contribution in [0.2, 0.25) is 0 Å². The van der Waals surface area contributed by atoms with Crippen molar-refractivity contribution < 1.29 is 14.0 Å². The maximum Gasteiger partial charge on any atom is 0.185 e. The lowest BCUT2D eigenvalue weighted by atomic mass is 9.96. The summed E-state index contributed by atoms with van der Waals surface area (Å²) in [4.78, 5) is 0. The molecule has 1 atom stereocenters. The van der Waals surface area contributed by atoms with Crippen LogP contribution < -0.4 is 25.4 Å². The average molecular weight is 625 g/mol. The van der Waals surface area contributed by atoms with Crippen molar-refractivity contribution in [3.63, 3.8) is 0 Å². The van der Waals surface area contributed by atoms with E-state index in [1.165, 1.54) is 0 Å². The molecule has 0 aromatic heterocycles. The van der Waals surface area contributed by atoms with Crippen LogP contribution in [-0.2, 0) is 4.57 Å². The van der Waals surface area contributed by atoms with E-state index < -0.39 is 7.14 Å². The van der Waals surface area contributed by atoms with Crippen molar-refractivity contribution in [2.24, 2.45) is 0 Å². The zero-order valence-electron chi connectivity index (χ0n) is 25.7. The first-order chi connectivity index (χ1) is 23.1. The molecular weight excluding hydrogens is 595 g/mol. The quantitative estimate of drug-likeness (QED) is 0.183. The third-order valence-electron chi connectivity index (χ3n) is 9.29. The van der Waals surface area contributed by atoms with Crippen LogP contribution in [0, 0.1) is 6.92 Å². The van der Waals surface area contributed by atoms with Gasteiger partial charge in [0.1, 0.15) is 16.8 Å². The fraction of sp³-hybridized carbons (Fsp3) is 0.0233. The minimum atomic E-state index is -3.57. The van der Waals surface area contributed by atoms with Crippen molar-refractivity contribution in [2.45, 2.75) is 6.92 Å². The Morgan fingerprint density at radius 3 is 1.36 bits per heavy atom. The molecule has 3 nitrogen and oxygen atoms in total. The molecule has 7 aromatic carbocycles. The van der Waals surface area contributed by atoms with E-state index in [1.807, 2.05) is 91.0 Å². The van der Waals surface area contributed by atoms with Crippen molar-refractivity contribution in [3.8, 4) is 67.5 Å². The lowest BCUT2D eigenvalue weighted by Crippen LogP contribution is -2.36. The molecule has 224 valence electrons. The maximum atomic E-state index is 16.6. The molecular formula is C43H29O3P. The van der Waals surface area contributed by atoms with Gasteiger partial charge in [-0.1, -0.05) is 140 Å². The monoisotopic (exact) mass is 624 g/mol. The minimum Gasteiger partial charge on any atom is -0.454 e. The predicted molar refractivity (Wildman–Crippen MR) is 192 cm³/mol. The summed E-state index contributed by atoms with van der Waals surface area (Å²) < 4.78 is 30.7. The van der Waals surface area contributed by atoms with Gasteiger partial charge in [0.15, 0.2) is 18.6 Å². The van der Waals surface area contributed by atoms with Gasteiger partial charge in [-0.05, 0) is 52.9 Å². The summed E-state index contributed by atoms with van der Waals surface area (Å²) in [5.41, 5.74) is 8.71. The lowest BCUT2D eigenvalue weighted by Gasteiger charge is -2.38. The number of para-hydroxylation sites is 2. The van der Waals surface area contributed by atoms with Gasteiger partial charge in [0.2, 0.25) is 0 Å². The Bertz CT molecular complexity index is 2380. The Labute approximate surface area is 274 Å². The van der Waals surface area contributed by atoms with Gasteiger partial charge in [0, 0.05) is 22.3 Å². The average Bonchev–Trinajstić information content (AvgIpc) is 3.13. The fourth-order valence-corrected chi connectivity index (χ4v) is 10.2. The Morgan fingerprint density at radius 2 is 0.830 bits per heavy atom. The van der Waals surface area contributed by atoms with Crippen molar-refractivity contribution in [3.05, 3.63) is 163 Å². The molecule has 0 amide bonds. The summed E-state index contributed by atoms with van der Waals surface area (Å²) in [6.07, 6.45) is 0. The van der Waals surface area contributed by atoms with E-state index >= 15 is 4.57 Å². The van der Waals surface area contributed by atoms with Gasteiger partial charge in [0.25, 0.3) is 0 Å². The van der Waals surface area contributed by atoms with E-state index in [1.54, 1.807) is 0 Å². The van der Waals surface area contributed by atoms with E-state index in [0.29, 0.717) is 38.9 Å². The summed E-state index contributed by atoms with van der Waals surface area (Å²) in [7, 11) is -3.57. The minimum absolute atomic E-state index is 0.581. The normalized spacial score (nSPS) is 15.4. The molecule has 2 aliphatic rings. The number of hydrogen-bond donors (Lipinski definition) is 0. The van der Waals surface area contributed by atoms with Crippen LogP contribution in [0.4, 0.5) is 0 Å². The van der Waals surface area contributed by atoms with Gasteiger partial charge < -0.3 is 14.0 Å². The smallest absolute Gasteiger partial charge is 0.185 e. The van der Waals surface area contributed by atoms with Crippen molar-refractivity contribution in [1.82, 2.24) is 0 Å². The number of aryl methyl sites for hydroxylation is 1. The largest absolute Gasteiger partial charge is 0.454 e. The molecule has 0 radical (unpaired) electrons. The topological polar surface area (TPSA) is 35.5 Å².